The monoisotopic (exact) mass is 359 g/mol. The number of ether oxygens (including phenoxy) is 1. The van der Waals surface area contributed by atoms with Gasteiger partial charge in [0.1, 0.15) is 11.4 Å². The summed E-state index contributed by atoms with van der Waals surface area (Å²) in [7, 11) is 0. The molecule has 1 aromatic rings. The van der Waals surface area contributed by atoms with Gasteiger partial charge in [0.05, 0.1) is 5.56 Å². The average Bonchev–Trinajstić information content (AvgIpc) is 2.33. The molecule has 0 unspecified atom stereocenters. The summed E-state index contributed by atoms with van der Waals surface area (Å²) in [6.07, 6.45) is -3.55. The van der Waals surface area contributed by atoms with E-state index in [1.54, 1.807) is 25.7 Å². The van der Waals surface area contributed by atoms with Crippen molar-refractivity contribution in [2.24, 2.45) is 5.41 Å². The van der Waals surface area contributed by atoms with Crippen LogP contribution in [0.15, 0.2) is 18.2 Å². The largest absolute Gasteiger partial charge is 0.444 e. The van der Waals surface area contributed by atoms with Crippen LogP contribution in [0.2, 0.25) is 0 Å². The molecular weight excluding hydrogens is 338 g/mol. The molecule has 0 aromatic heterocycles. The Bertz CT molecular complexity index is 679. The van der Waals surface area contributed by atoms with Crippen molar-refractivity contribution < 1.29 is 27.1 Å². The Labute approximate surface area is 143 Å². The van der Waals surface area contributed by atoms with Gasteiger partial charge >= 0.3 is 12.3 Å². The van der Waals surface area contributed by atoms with Crippen LogP contribution < -0.4 is 0 Å². The SMILES string of the molecule is CC(C)(C)OC(=O)N1CC2(CC(c3ccc(C(F)(F)F)cc3F)C2)C1. The van der Waals surface area contributed by atoms with E-state index in [0.29, 0.717) is 37.6 Å². The molecule has 0 radical (unpaired) electrons. The van der Waals surface area contributed by atoms with Crippen LogP contribution >= 0.6 is 0 Å². The second-order valence-corrected chi connectivity index (χ2v) is 8.18. The standard InChI is InChI=1S/C18H21F4NO2/c1-16(2,3)25-15(24)23-9-17(10-23)7-11(8-17)13-5-4-12(6-14(13)19)18(20,21)22/h4-6,11H,7-10H2,1-3H3. The maximum atomic E-state index is 14.0. The second-order valence-electron chi connectivity index (χ2n) is 8.18. The third-order valence-electron chi connectivity index (χ3n) is 4.83. The summed E-state index contributed by atoms with van der Waals surface area (Å²) in [5.74, 6) is -0.902. The zero-order chi connectivity index (χ0) is 18.6. The van der Waals surface area contributed by atoms with Crippen LogP contribution in [-0.2, 0) is 10.9 Å². The number of amides is 1. The zero-order valence-electron chi connectivity index (χ0n) is 14.4. The Morgan fingerprint density at radius 2 is 1.80 bits per heavy atom. The molecule has 2 fully saturated rings. The van der Waals surface area contributed by atoms with Crippen LogP contribution in [0.25, 0.3) is 0 Å². The first kappa shape index (κ1) is 18.0. The highest BCUT2D eigenvalue weighted by molar-refractivity contribution is 5.69. The van der Waals surface area contributed by atoms with Gasteiger partial charge in [0.2, 0.25) is 0 Å². The summed E-state index contributed by atoms with van der Waals surface area (Å²) in [6.45, 7) is 6.51. The number of rotatable bonds is 1. The fourth-order valence-corrected chi connectivity index (χ4v) is 3.72. The minimum absolute atomic E-state index is 0.0449. The van der Waals surface area contributed by atoms with E-state index in [1.165, 1.54) is 6.07 Å². The summed E-state index contributed by atoms with van der Waals surface area (Å²) in [5.41, 5.74) is -1.24. The van der Waals surface area contributed by atoms with Crippen LogP contribution in [0.1, 0.15) is 50.7 Å². The summed E-state index contributed by atoms with van der Waals surface area (Å²) < 4.78 is 57.1. The van der Waals surface area contributed by atoms with E-state index in [2.05, 4.69) is 0 Å². The van der Waals surface area contributed by atoms with Gasteiger partial charge < -0.3 is 9.64 Å². The topological polar surface area (TPSA) is 29.5 Å². The van der Waals surface area contributed by atoms with Crippen LogP contribution in [-0.4, -0.2) is 29.7 Å². The average molecular weight is 359 g/mol. The fraction of sp³-hybridized carbons (Fsp3) is 0.611. The highest BCUT2D eigenvalue weighted by Gasteiger charge is 2.55. The number of hydrogen-bond donors (Lipinski definition) is 0. The molecule has 0 atom stereocenters. The highest BCUT2D eigenvalue weighted by Crippen LogP contribution is 2.56. The van der Waals surface area contributed by atoms with Crippen LogP contribution in [0, 0.1) is 11.2 Å². The van der Waals surface area contributed by atoms with Crippen molar-refractivity contribution in [3.05, 3.63) is 35.1 Å². The number of nitrogens with zero attached hydrogens (tertiary/aromatic N) is 1. The second kappa shape index (κ2) is 5.61. The number of likely N-dealkylation sites (tertiary alicyclic amines) is 1. The quantitative estimate of drug-likeness (QED) is 0.664. The smallest absolute Gasteiger partial charge is 0.416 e. The number of carbonyl (C=O) groups excluding carboxylic acids is 1. The predicted octanol–water partition coefficient (Wildman–Crippen LogP) is 4.96. The predicted molar refractivity (Wildman–Crippen MR) is 83.6 cm³/mol. The Balaban J connectivity index is 1.57. The lowest BCUT2D eigenvalue weighted by Gasteiger charge is -2.58. The van der Waals surface area contributed by atoms with Crippen molar-refractivity contribution in [3.63, 3.8) is 0 Å². The molecule has 1 saturated heterocycles. The third-order valence-corrected chi connectivity index (χ3v) is 4.83. The van der Waals surface area contributed by atoms with Gasteiger partial charge in [0, 0.05) is 18.5 Å². The van der Waals surface area contributed by atoms with Crippen LogP contribution in [0.4, 0.5) is 22.4 Å². The highest BCUT2D eigenvalue weighted by atomic mass is 19.4. The van der Waals surface area contributed by atoms with E-state index < -0.39 is 23.2 Å². The van der Waals surface area contributed by atoms with Crippen molar-refractivity contribution in [2.45, 2.75) is 51.3 Å². The summed E-state index contributed by atoms with van der Waals surface area (Å²) in [6, 6.07) is 2.73. The fourth-order valence-electron chi connectivity index (χ4n) is 3.72. The lowest BCUT2D eigenvalue weighted by atomic mass is 9.56. The van der Waals surface area contributed by atoms with E-state index >= 15 is 0 Å². The first-order valence-corrected chi connectivity index (χ1v) is 8.23. The zero-order valence-corrected chi connectivity index (χ0v) is 14.4. The lowest BCUT2D eigenvalue weighted by Crippen LogP contribution is -2.63. The first-order chi connectivity index (χ1) is 11.4. The molecule has 1 saturated carbocycles. The van der Waals surface area contributed by atoms with Gasteiger partial charge in [-0.15, -0.1) is 0 Å². The normalized spacial score (nSPS) is 20.2. The Morgan fingerprint density at radius 3 is 2.28 bits per heavy atom. The Kier molecular flexibility index (Phi) is 4.04. The van der Waals surface area contributed by atoms with E-state index in [0.717, 1.165) is 6.07 Å². The number of benzene rings is 1. The van der Waals surface area contributed by atoms with Crippen molar-refractivity contribution in [3.8, 4) is 0 Å². The van der Waals surface area contributed by atoms with E-state index in [4.69, 9.17) is 4.74 Å². The molecule has 2 aliphatic rings. The van der Waals surface area contributed by atoms with Crippen molar-refractivity contribution in [2.75, 3.05) is 13.1 Å². The molecule has 0 bridgehead atoms. The first-order valence-electron chi connectivity index (χ1n) is 8.23. The van der Waals surface area contributed by atoms with Gasteiger partial charge in [0.25, 0.3) is 0 Å². The van der Waals surface area contributed by atoms with E-state index in [-0.39, 0.29) is 17.4 Å². The molecule has 0 N–H and O–H groups in total. The van der Waals surface area contributed by atoms with Gasteiger partial charge in [-0.3, -0.25) is 0 Å². The molecule has 138 valence electrons. The summed E-state index contributed by atoms with van der Waals surface area (Å²) >= 11 is 0. The van der Waals surface area contributed by atoms with Gasteiger partial charge in [0.15, 0.2) is 0 Å². The molecule has 1 aromatic carbocycles. The molecule has 1 aliphatic heterocycles. The number of carbonyl (C=O) groups is 1. The van der Waals surface area contributed by atoms with Gasteiger partial charge in [-0.05, 0) is 57.2 Å². The number of alkyl halides is 3. The lowest BCUT2D eigenvalue weighted by molar-refractivity contribution is -0.137. The number of hydrogen-bond acceptors (Lipinski definition) is 2. The minimum atomic E-state index is -4.54. The maximum Gasteiger partial charge on any atom is 0.416 e. The van der Waals surface area contributed by atoms with Crippen molar-refractivity contribution in [1.82, 2.24) is 4.90 Å². The van der Waals surface area contributed by atoms with Gasteiger partial charge in [-0.2, -0.15) is 13.2 Å². The van der Waals surface area contributed by atoms with E-state index in [1.807, 2.05) is 0 Å². The Hall–Kier alpha value is -1.79. The van der Waals surface area contributed by atoms with E-state index in [9.17, 15) is 22.4 Å². The van der Waals surface area contributed by atoms with Crippen molar-refractivity contribution in [1.29, 1.82) is 0 Å². The summed E-state index contributed by atoms with van der Waals surface area (Å²) in [4.78, 5) is 13.6. The molecule has 1 heterocycles. The Morgan fingerprint density at radius 1 is 1.20 bits per heavy atom. The van der Waals surface area contributed by atoms with Gasteiger partial charge in [-0.1, -0.05) is 6.07 Å². The van der Waals surface area contributed by atoms with Gasteiger partial charge in [-0.25, -0.2) is 9.18 Å². The third kappa shape index (κ3) is 3.60. The van der Waals surface area contributed by atoms with Crippen LogP contribution in [0.5, 0.6) is 0 Å². The molecule has 7 heteroatoms. The maximum absolute atomic E-state index is 14.0. The van der Waals surface area contributed by atoms with Crippen molar-refractivity contribution >= 4 is 6.09 Å². The molecule has 1 aliphatic carbocycles. The molecule has 3 rings (SSSR count). The van der Waals surface area contributed by atoms with Crippen LogP contribution in [0.3, 0.4) is 0 Å². The minimum Gasteiger partial charge on any atom is -0.444 e. The molecule has 1 spiro atoms. The number of halogens is 4. The molecule has 1 amide bonds. The molecule has 3 nitrogen and oxygen atoms in total. The molecular formula is C18H21F4NO2. The summed E-state index contributed by atoms with van der Waals surface area (Å²) in [5, 5.41) is 0. The molecule has 25 heavy (non-hydrogen) atoms.